The van der Waals surface area contributed by atoms with E-state index in [2.05, 4.69) is 112 Å². The number of hydrogen-bond acceptors (Lipinski definition) is 1. The molecule has 0 saturated heterocycles. The molecule has 0 spiro atoms. The minimum absolute atomic E-state index is 0.202. The second-order valence-corrected chi connectivity index (χ2v) is 15.6. The Morgan fingerprint density at radius 3 is 2.19 bits per heavy atom. The molecule has 0 aliphatic heterocycles. The molecule has 0 aromatic heterocycles. The van der Waals surface area contributed by atoms with Crippen molar-refractivity contribution in [2.75, 3.05) is 0 Å². The van der Waals surface area contributed by atoms with E-state index in [0.29, 0.717) is 11.7 Å². The van der Waals surface area contributed by atoms with Gasteiger partial charge in [-0.05, 0) is 145 Å². The van der Waals surface area contributed by atoms with Crippen molar-refractivity contribution in [3.63, 3.8) is 0 Å². The Morgan fingerprint density at radius 2 is 1.44 bits per heavy atom. The quantitative estimate of drug-likeness (QED) is 0.139. The summed E-state index contributed by atoms with van der Waals surface area (Å²) in [6, 6.07) is 31.5. The lowest BCUT2D eigenvalue weighted by atomic mass is 9.68. The molecule has 2 fully saturated rings. The van der Waals surface area contributed by atoms with E-state index in [9.17, 15) is 4.79 Å². The predicted octanol–water partition coefficient (Wildman–Crippen LogP) is 12.1. The highest BCUT2D eigenvalue weighted by Gasteiger charge is 2.33. The van der Waals surface area contributed by atoms with Gasteiger partial charge < -0.3 is 0 Å². The Balaban J connectivity index is 1.08. The fourth-order valence-corrected chi connectivity index (χ4v) is 9.43. The first-order valence-corrected chi connectivity index (χ1v) is 19.0. The number of rotatable bonds is 8. The van der Waals surface area contributed by atoms with Gasteiger partial charge in [-0.3, -0.25) is 4.79 Å². The number of benzene rings is 4. The van der Waals surface area contributed by atoms with Crippen LogP contribution in [0.1, 0.15) is 120 Å². The van der Waals surface area contributed by atoms with Crippen molar-refractivity contribution in [1.82, 2.24) is 0 Å². The van der Waals surface area contributed by atoms with Gasteiger partial charge in [0.25, 0.3) is 0 Å². The molecule has 1 atom stereocenters. The van der Waals surface area contributed by atoms with Crippen LogP contribution in [-0.4, -0.2) is 5.78 Å². The van der Waals surface area contributed by atoms with Crippen LogP contribution >= 0.6 is 0 Å². The first kappa shape index (κ1) is 32.8. The minimum Gasteiger partial charge on any atom is -0.294 e. The van der Waals surface area contributed by atoms with Gasteiger partial charge in [-0.1, -0.05) is 118 Å². The average Bonchev–Trinajstić information content (AvgIpc) is 3.23. The third kappa shape index (κ3) is 6.89. The molecule has 4 aromatic rings. The van der Waals surface area contributed by atoms with Crippen LogP contribution in [-0.2, 0) is 25.7 Å². The summed E-state index contributed by atoms with van der Waals surface area (Å²) in [7, 11) is 0. The van der Waals surface area contributed by atoms with Crippen molar-refractivity contribution in [2.45, 2.75) is 104 Å². The Hall–Kier alpha value is -3.71. The number of allylic oxidation sites excluding steroid dienone is 1. The second kappa shape index (κ2) is 14.4. The molecule has 7 rings (SSSR count). The lowest BCUT2D eigenvalue weighted by Gasteiger charge is -2.37. The van der Waals surface area contributed by atoms with Gasteiger partial charge in [0.15, 0.2) is 5.78 Å². The van der Waals surface area contributed by atoms with Crippen molar-refractivity contribution in [2.24, 2.45) is 23.7 Å². The highest BCUT2D eigenvalue weighted by atomic mass is 16.1. The molecule has 48 heavy (non-hydrogen) atoms. The summed E-state index contributed by atoms with van der Waals surface area (Å²) in [5, 5.41) is 0. The summed E-state index contributed by atoms with van der Waals surface area (Å²) in [6.45, 7) is 11.5. The molecule has 0 radical (unpaired) electrons. The van der Waals surface area contributed by atoms with Crippen LogP contribution in [0.4, 0.5) is 0 Å². The van der Waals surface area contributed by atoms with E-state index in [1.807, 2.05) is 0 Å². The van der Waals surface area contributed by atoms with Crippen LogP contribution in [0.15, 0.2) is 97.1 Å². The molecular weight excluding hydrogens is 581 g/mol. The largest absolute Gasteiger partial charge is 0.294 e. The SMILES string of the molecule is C=C1Cc2ccc(Cc3ccc(C(=O)C4CCC(C5CCC(C)CC5)CC4)cc3CC)cc2-c2ccccc2C1Cc1ccccc1C. The van der Waals surface area contributed by atoms with E-state index < -0.39 is 0 Å². The minimum atomic E-state index is 0.202. The van der Waals surface area contributed by atoms with E-state index in [1.54, 1.807) is 0 Å². The van der Waals surface area contributed by atoms with Gasteiger partial charge in [-0.15, -0.1) is 0 Å². The highest BCUT2D eigenvalue weighted by molar-refractivity contribution is 5.98. The molecule has 0 bridgehead atoms. The molecule has 1 unspecified atom stereocenters. The van der Waals surface area contributed by atoms with Crippen molar-refractivity contribution in [1.29, 1.82) is 0 Å². The van der Waals surface area contributed by atoms with E-state index in [1.165, 1.54) is 94.2 Å². The third-order valence-electron chi connectivity index (χ3n) is 12.5. The zero-order chi connectivity index (χ0) is 33.2. The molecule has 1 nitrogen and oxygen atoms in total. The Kier molecular flexibility index (Phi) is 9.85. The summed E-state index contributed by atoms with van der Waals surface area (Å²) in [5.74, 6) is 3.54. The lowest BCUT2D eigenvalue weighted by Crippen LogP contribution is -2.28. The van der Waals surface area contributed by atoms with Gasteiger partial charge in [-0.25, -0.2) is 0 Å². The van der Waals surface area contributed by atoms with Gasteiger partial charge in [-0.2, -0.15) is 0 Å². The van der Waals surface area contributed by atoms with Crippen LogP contribution in [0, 0.1) is 30.6 Å². The number of fused-ring (bicyclic) bond motifs is 3. The molecule has 1 heteroatoms. The van der Waals surface area contributed by atoms with Gasteiger partial charge >= 0.3 is 0 Å². The standard InChI is InChI=1S/C47H54O/c1-5-35-29-42(47(48)38-22-20-37(21-23-38)36-17-14-31(2)15-18-36)25-24-40(35)27-34-16-19-41-26-33(4)45(30-39-11-7-6-10-32(39)3)43-12-8-9-13-44(43)46(41)28-34/h6-13,16,19,24-25,28-29,31,36-38,45H,4-5,14-15,17-18,20-23,26-27,30H2,1-3H3. The van der Waals surface area contributed by atoms with Gasteiger partial charge in [0.2, 0.25) is 0 Å². The number of carbonyl (C=O) groups excluding carboxylic acids is 1. The molecule has 0 heterocycles. The zero-order valence-corrected chi connectivity index (χ0v) is 29.6. The first-order valence-electron chi connectivity index (χ1n) is 19.0. The maximum atomic E-state index is 13.8. The molecule has 248 valence electrons. The normalized spacial score (nSPS) is 24.0. The van der Waals surface area contributed by atoms with Crippen LogP contribution in [0.3, 0.4) is 0 Å². The molecule has 2 saturated carbocycles. The lowest BCUT2D eigenvalue weighted by molar-refractivity contribution is 0.0832. The highest BCUT2D eigenvalue weighted by Crippen LogP contribution is 2.44. The van der Waals surface area contributed by atoms with Crippen molar-refractivity contribution in [3.05, 3.63) is 142 Å². The number of ketones is 1. The fraction of sp³-hybridized carbons (Fsp3) is 0.426. The maximum Gasteiger partial charge on any atom is 0.165 e. The van der Waals surface area contributed by atoms with E-state index in [-0.39, 0.29) is 5.92 Å². The third-order valence-corrected chi connectivity index (χ3v) is 12.5. The smallest absolute Gasteiger partial charge is 0.165 e. The summed E-state index contributed by atoms with van der Waals surface area (Å²) >= 11 is 0. The first-order chi connectivity index (χ1) is 23.4. The summed E-state index contributed by atoms with van der Waals surface area (Å²) < 4.78 is 0. The van der Waals surface area contributed by atoms with Crippen molar-refractivity contribution >= 4 is 5.78 Å². The monoisotopic (exact) mass is 634 g/mol. The predicted molar refractivity (Wildman–Crippen MR) is 202 cm³/mol. The van der Waals surface area contributed by atoms with Gasteiger partial charge in [0, 0.05) is 17.4 Å². The molecule has 3 aliphatic carbocycles. The molecule has 3 aliphatic rings. The number of aryl methyl sites for hydroxylation is 2. The fourth-order valence-electron chi connectivity index (χ4n) is 9.43. The van der Waals surface area contributed by atoms with Crippen LogP contribution in [0.5, 0.6) is 0 Å². The van der Waals surface area contributed by atoms with E-state index >= 15 is 0 Å². The molecule has 0 N–H and O–H groups in total. The number of Topliss-reactive ketones (excluding diaryl/α,β-unsaturated/α-hetero) is 1. The molecule has 0 amide bonds. The Labute approximate surface area is 289 Å². The average molecular weight is 635 g/mol. The summed E-state index contributed by atoms with van der Waals surface area (Å²) in [6.07, 6.45) is 14.0. The Bertz CT molecular complexity index is 1770. The van der Waals surface area contributed by atoms with Gasteiger partial charge in [0.05, 0.1) is 0 Å². The van der Waals surface area contributed by atoms with Crippen molar-refractivity contribution in [3.8, 4) is 11.1 Å². The summed E-state index contributed by atoms with van der Waals surface area (Å²) in [4.78, 5) is 13.8. The van der Waals surface area contributed by atoms with E-state index in [4.69, 9.17) is 0 Å². The van der Waals surface area contributed by atoms with Crippen molar-refractivity contribution < 1.29 is 4.79 Å². The Morgan fingerprint density at radius 1 is 0.729 bits per heavy atom. The topological polar surface area (TPSA) is 17.1 Å². The second-order valence-electron chi connectivity index (χ2n) is 15.6. The van der Waals surface area contributed by atoms with Crippen LogP contribution < -0.4 is 0 Å². The maximum absolute atomic E-state index is 13.8. The van der Waals surface area contributed by atoms with Gasteiger partial charge in [0.1, 0.15) is 0 Å². The van der Waals surface area contributed by atoms with Crippen LogP contribution in [0.2, 0.25) is 0 Å². The molecule has 4 aromatic carbocycles. The molecular formula is C47H54O. The summed E-state index contributed by atoms with van der Waals surface area (Å²) in [5.41, 5.74) is 14.4. The van der Waals surface area contributed by atoms with Crippen LogP contribution in [0.25, 0.3) is 11.1 Å². The zero-order valence-electron chi connectivity index (χ0n) is 29.6. The number of hydrogen-bond donors (Lipinski definition) is 0. The van der Waals surface area contributed by atoms with E-state index in [0.717, 1.165) is 61.8 Å². The number of carbonyl (C=O) groups is 1.